The van der Waals surface area contributed by atoms with Gasteiger partial charge < -0.3 is 4.74 Å². The van der Waals surface area contributed by atoms with Crippen LogP contribution in [0.1, 0.15) is 11.1 Å². The topological polar surface area (TPSA) is 58.6 Å². The first-order valence-electron chi connectivity index (χ1n) is 7.83. The fourth-order valence-corrected chi connectivity index (χ4v) is 3.29. The molecule has 0 saturated carbocycles. The molecule has 138 valence electrons. The number of rotatable bonds is 3. The molecule has 1 aliphatic rings. The van der Waals surface area contributed by atoms with Crippen molar-refractivity contribution in [2.45, 2.75) is 6.92 Å². The minimum absolute atomic E-state index is 0.0576. The van der Waals surface area contributed by atoms with E-state index < -0.39 is 11.8 Å². The number of thiocarbonyl (C=S) groups is 1. The smallest absolute Gasteiger partial charge is 0.270 e. The number of aryl methyl sites for hydroxylation is 1. The molecule has 1 aliphatic heterocycles. The third-order valence-electron chi connectivity index (χ3n) is 4.05. The second-order valence-corrected chi connectivity index (χ2v) is 6.93. The van der Waals surface area contributed by atoms with Crippen molar-refractivity contribution in [2.24, 2.45) is 0 Å². The van der Waals surface area contributed by atoms with Crippen molar-refractivity contribution >= 4 is 64.1 Å². The van der Waals surface area contributed by atoms with Crippen molar-refractivity contribution in [3.8, 4) is 5.75 Å². The van der Waals surface area contributed by atoms with Crippen LogP contribution in [0, 0.1) is 6.92 Å². The van der Waals surface area contributed by atoms with Crippen molar-refractivity contribution in [3.63, 3.8) is 0 Å². The van der Waals surface area contributed by atoms with Gasteiger partial charge in [0.2, 0.25) is 0 Å². The average Bonchev–Trinajstić information content (AvgIpc) is 2.63. The zero-order valence-corrected chi connectivity index (χ0v) is 16.7. The lowest BCUT2D eigenvalue weighted by atomic mass is 10.0. The average molecular weight is 421 g/mol. The van der Waals surface area contributed by atoms with E-state index in [4.69, 9.17) is 40.2 Å². The molecule has 0 atom stereocenters. The molecule has 0 aliphatic carbocycles. The Morgan fingerprint density at radius 2 is 1.93 bits per heavy atom. The van der Waals surface area contributed by atoms with Crippen molar-refractivity contribution in [3.05, 3.63) is 63.1 Å². The van der Waals surface area contributed by atoms with E-state index in [1.807, 2.05) is 13.0 Å². The molecule has 2 aromatic rings. The number of ether oxygens (including phenoxy) is 1. The number of anilines is 1. The van der Waals surface area contributed by atoms with Crippen LogP contribution in [-0.2, 0) is 9.59 Å². The van der Waals surface area contributed by atoms with Gasteiger partial charge in [-0.1, -0.05) is 35.3 Å². The van der Waals surface area contributed by atoms with Crippen molar-refractivity contribution in [1.82, 2.24) is 5.32 Å². The number of benzene rings is 2. The minimum Gasteiger partial charge on any atom is -0.497 e. The van der Waals surface area contributed by atoms with E-state index in [1.165, 1.54) is 6.08 Å². The van der Waals surface area contributed by atoms with E-state index in [9.17, 15) is 9.59 Å². The molecule has 27 heavy (non-hydrogen) atoms. The molecule has 0 radical (unpaired) electrons. The third kappa shape index (κ3) is 3.69. The van der Waals surface area contributed by atoms with E-state index in [1.54, 1.807) is 37.4 Å². The molecule has 0 unspecified atom stereocenters. The maximum Gasteiger partial charge on any atom is 0.270 e. The summed E-state index contributed by atoms with van der Waals surface area (Å²) >= 11 is 17.4. The molecular formula is C19H14Cl2N2O3S. The Labute approximate surface area is 171 Å². The van der Waals surface area contributed by atoms with Crippen LogP contribution in [0.25, 0.3) is 6.08 Å². The van der Waals surface area contributed by atoms with Crippen LogP contribution in [0.3, 0.4) is 0 Å². The molecule has 3 rings (SSSR count). The molecule has 0 aromatic heterocycles. The molecule has 2 amide bonds. The predicted molar refractivity (Wildman–Crippen MR) is 110 cm³/mol. The number of hydrogen-bond acceptors (Lipinski definition) is 4. The minimum atomic E-state index is -0.580. The quantitative estimate of drug-likeness (QED) is 0.460. The first-order chi connectivity index (χ1) is 12.8. The number of amides is 2. The van der Waals surface area contributed by atoms with Gasteiger partial charge in [-0.25, -0.2) is 0 Å². The van der Waals surface area contributed by atoms with Crippen molar-refractivity contribution in [2.75, 3.05) is 12.0 Å². The highest BCUT2D eigenvalue weighted by molar-refractivity contribution is 7.80. The molecule has 1 N–H and O–H groups in total. The van der Waals surface area contributed by atoms with Gasteiger partial charge in [0.15, 0.2) is 5.11 Å². The molecule has 5 nitrogen and oxygen atoms in total. The lowest BCUT2D eigenvalue weighted by molar-refractivity contribution is -0.122. The highest BCUT2D eigenvalue weighted by atomic mass is 35.5. The summed E-state index contributed by atoms with van der Waals surface area (Å²) in [6, 6.07) is 10.2. The van der Waals surface area contributed by atoms with Gasteiger partial charge >= 0.3 is 0 Å². The Morgan fingerprint density at radius 3 is 2.59 bits per heavy atom. The summed E-state index contributed by atoms with van der Waals surface area (Å²) in [6.45, 7) is 1.86. The number of carbonyl (C=O) groups is 2. The van der Waals surface area contributed by atoms with Crippen LogP contribution >= 0.6 is 35.4 Å². The summed E-state index contributed by atoms with van der Waals surface area (Å²) in [6.07, 6.45) is 1.51. The molecule has 1 fully saturated rings. The van der Waals surface area contributed by atoms with Crippen molar-refractivity contribution < 1.29 is 14.3 Å². The van der Waals surface area contributed by atoms with Gasteiger partial charge in [0, 0.05) is 0 Å². The van der Waals surface area contributed by atoms with Crippen LogP contribution in [-0.4, -0.2) is 24.0 Å². The summed E-state index contributed by atoms with van der Waals surface area (Å²) in [5, 5.41) is 2.91. The van der Waals surface area contributed by atoms with E-state index in [0.29, 0.717) is 17.0 Å². The Kier molecular flexibility index (Phi) is 5.51. The first kappa shape index (κ1) is 19.4. The number of nitrogens with zero attached hydrogens (tertiary/aromatic N) is 1. The molecular weight excluding hydrogens is 407 g/mol. The highest BCUT2D eigenvalue weighted by Gasteiger charge is 2.35. The van der Waals surface area contributed by atoms with E-state index in [-0.39, 0.29) is 20.7 Å². The Hall–Kier alpha value is -2.41. The van der Waals surface area contributed by atoms with Gasteiger partial charge in [0.25, 0.3) is 11.8 Å². The van der Waals surface area contributed by atoms with Crippen molar-refractivity contribution in [1.29, 1.82) is 0 Å². The van der Waals surface area contributed by atoms with E-state index >= 15 is 0 Å². The fraction of sp³-hybridized carbons (Fsp3) is 0.105. The first-order valence-corrected chi connectivity index (χ1v) is 9.00. The standard InChI is InChI=1S/C19H14Cl2N2O3S/c1-10-8-12(26-2)7-6-11(10)9-13-17(24)22-19(27)23(18(13)25)15-5-3-4-14(20)16(15)21/h3-9H,1-2H3,(H,22,24,27)/b13-9+. The van der Waals surface area contributed by atoms with Gasteiger partial charge in [-0.15, -0.1) is 0 Å². The predicted octanol–water partition coefficient (Wildman–Crippen LogP) is 4.14. The normalized spacial score (nSPS) is 15.9. The summed E-state index contributed by atoms with van der Waals surface area (Å²) in [5.74, 6) is -0.472. The summed E-state index contributed by atoms with van der Waals surface area (Å²) in [5.41, 5.74) is 1.80. The van der Waals surface area contributed by atoms with Crippen LogP contribution in [0.15, 0.2) is 42.0 Å². The van der Waals surface area contributed by atoms with Gasteiger partial charge in [0.1, 0.15) is 11.3 Å². The number of hydrogen-bond donors (Lipinski definition) is 1. The zero-order valence-electron chi connectivity index (χ0n) is 14.4. The molecule has 8 heteroatoms. The second-order valence-electron chi connectivity index (χ2n) is 5.75. The summed E-state index contributed by atoms with van der Waals surface area (Å²) in [7, 11) is 1.57. The second kappa shape index (κ2) is 7.68. The van der Waals surface area contributed by atoms with E-state index in [2.05, 4.69) is 5.32 Å². The van der Waals surface area contributed by atoms with Crippen LogP contribution in [0.5, 0.6) is 5.75 Å². The Morgan fingerprint density at radius 1 is 1.19 bits per heavy atom. The van der Waals surface area contributed by atoms with Crippen LogP contribution in [0.4, 0.5) is 5.69 Å². The van der Waals surface area contributed by atoms with Gasteiger partial charge in [-0.05, 0) is 60.6 Å². The monoisotopic (exact) mass is 420 g/mol. The Bertz CT molecular complexity index is 1000. The molecule has 1 saturated heterocycles. The van der Waals surface area contributed by atoms with E-state index in [0.717, 1.165) is 10.5 Å². The third-order valence-corrected chi connectivity index (χ3v) is 5.14. The Balaban J connectivity index is 2.06. The maximum atomic E-state index is 13.0. The van der Waals surface area contributed by atoms with Crippen LogP contribution < -0.4 is 15.0 Å². The molecule has 1 heterocycles. The molecule has 0 bridgehead atoms. The SMILES string of the molecule is COc1ccc(/C=C2\C(=O)NC(=S)N(c3cccc(Cl)c3Cl)C2=O)c(C)c1. The maximum absolute atomic E-state index is 13.0. The summed E-state index contributed by atoms with van der Waals surface area (Å²) in [4.78, 5) is 26.6. The zero-order chi connectivity index (χ0) is 19.7. The largest absolute Gasteiger partial charge is 0.497 e. The highest BCUT2D eigenvalue weighted by Crippen LogP contribution is 2.34. The lowest BCUT2D eigenvalue weighted by Gasteiger charge is -2.29. The number of halogens is 2. The van der Waals surface area contributed by atoms with Gasteiger partial charge in [-0.3, -0.25) is 19.8 Å². The number of nitrogens with one attached hydrogen (secondary N) is 1. The lowest BCUT2D eigenvalue weighted by Crippen LogP contribution is -2.54. The molecule has 0 spiro atoms. The van der Waals surface area contributed by atoms with Gasteiger partial charge in [0.05, 0.1) is 22.8 Å². The number of carbonyl (C=O) groups excluding carboxylic acids is 2. The fourth-order valence-electron chi connectivity index (χ4n) is 2.63. The molecule has 2 aromatic carbocycles. The summed E-state index contributed by atoms with van der Waals surface area (Å²) < 4.78 is 5.18. The van der Waals surface area contributed by atoms with Gasteiger partial charge in [-0.2, -0.15) is 0 Å². The number of methoxy groups -OCH3 is 1. The van der Waals surface area contributed by atoms with Crippen LogP contribution in [0.2, 0.25) is 10.0 Å².